The summed E-state index contributed by atoms with van der Waals surface area (Å²) >= 11 is 0. The van der Waals surface area contributed by atoms with Crippen LogP contribution in [0.25, 0.3) is 0 Å². The Labute approximate surface area is 144 Å². The summed E-state index contributed by atoms with van der Waals surface area (Å²) in [6, 6.07) is 16.7. The highest BCUT2D eigenvalue weighted by molar-refractivity contribution is 5.77. The van der Waals surface area contributed by atoms with Gasteiger partial charge in [-0.3, -0.25) is 4.79 Å². The summed E-state index contributed by atoms with van der Waals surface area (Å²) in [5.41, 5.74) is 5.22. The van der Waals surface area contributed by atoms with E-state index < -0.39 is 0 Å². The molecular formula is C21H26N2O. The number of rotatable bonds is 4. The average molecular weight is 322 g/mol. The molecule has 1 aliphatic heterocycles. The molecule has 0 unspecified atom stereocenters. The van der Waals surface area contributed by atoms with E-state index in [2.05, 4.69) is 49.1 Å². The maximum absolute atomic E-state index is 12.4. The Morgan fingerprint density at radius 2 is 1.62 bits per heavy atom. The van der Waals surface area contributed by atoms with Gasteiger partial charge < -0.3 is 9.80 Å². The monoisotopic (exact) mass is 322 g/mol. The molecule has 0 N–H and O–H groups in total. The maximum Gasteiger partial charge on any atom is 0.223 e. The number of piperazine rings is 1. The molecule has 0 saturated carbocycles. The lowest BCUT2D eigenvalue weighted by molar-refractivity contribution is -0.131. The fourth-order valence-electron chi connectivity index (χ4n) is 3.33. The maximum atomic E-state index is 12.4. The van der Waals surface area contributed by atoms with Crippen LogP contribution in [0.5, 0.6) is 0 Å². The number of hydrogen-bond donors (Lipinski definition) is 0. The van der Waals surface area contributed by atoms with Gasteiger partial charge in [0.05, 0.1) is 0 Å². The molecule has 3 heteroatoms. The third-order valence-electron chi connectivity index (χ3n) is 5.02. The van der Waals surface area contributed by atoms with Crippen LogP contribution in [0.4, 0.5) is 5.69 Å². The van der Waals surface area contributed by atoms with Gasteiger partial charge >= 0.3 is 0 Å². The van der Waals surface area contributed by atoms with E-state index >= 15 is 0 Å². The number of carbonyl (C=O) groups is 1. The minimum Gasteiger partial charge on any atom is -0.368 e. The average Bonchev–Trinajstić information content (AvgIpc) is 2.63. The van der Waals surface area contributed by atoms with Crippen molar-refractivity contribution in [2.24, 2.45) is 0 Å². The molecule has 3 rings (SSSR count). The van der Waals surface area contributed by atoms with Crippen molar-refractivity contribution >= 4 is 11.6 Å². The second kappa shape index (κ2) is 7.52. The summed E-state index contributed by atoms with van der Waals surface area (Å²) in [6.07, 6.45) is 1.43. The third-order valence-corrected chi connectivity index (χ3v) is 5.02. The Balaban J connectivity index is 1.53. The van der Waals surface area contributed by atoms with Crippen LogP contribution in [0.3, 0.4) is 0 Å². The Bertz CT molecular complexity index is 688. The van der Waals surface area contributed by atoms with Gasteiger partial charge in [0.2, 0.25) is 5.91 Å². The zero-order chi connectivity index (χ0) is 16.9. The first-order valence-corrected chi connectivity index (χ1v) is 8.78. The Morgan fingerprint density at radius 1 is 0.917 bits per heavy atom. The topological polar surface area (TPSA) is 23.6 Å². The molecule has 0 atom stereocenters. The molecule has 0 spiro atoms. The largest absolute Gasteiger partial charge is 0.368 e. The van der Waals surface area contributed by atoms with Gasteiger partial charge in [-0.25, -0.2) is 0 Å². The highest BCUT2D eigenvalue weighted by Gasteiger charge is 2.22. The van der Waals surface area contributed by atoms with Crippen molar-refractivity contribution in [3.63, 3.8) is 0 Å². The number of amides is 1. The highest BCUT2D eigenvalue weighted by Crippen LogP contribution is 2.24. The number of benzene rings is 2. The Kier molecular flexibility index (Phi) is 5.19. The zero-order valence-corrected chi connectivity index (χ0v) is 14.7. The first-order valence-electron chi connectivity index (χ1n) is 8.78. The molecule has 1 saturated heterocycles. The summed E-state index contributed by atoms with van der Waals surface area (Å²) in [4.78, 5) is 16.9. The molecule has 126 valence electrons. The van der Waals surface area contributed by atoms with Crippen LogP contribution in [0, 0.1) is 13.8 Å². The summed E-state index contributed by atoms with van der Waals surface area (Å²) in [5.74, 6) is 0.277. The lowest BCUT2D eigenvalue weighted by atomic mass is 10.1. The van der Waals surface area contributed by atoms with Gasteiger partial charge in [0.1, 0.15) is 0 Å². The molecule has 2 aromatic carbocycles. The van der Waals surface area contributed by atoms with E-state index in [1.807, 2.05) is 23.1 Å². The van der Waals surface area contributed by atoms with E-state index in [4.69, 9.17) is 0 Å². The van der Waals surface area contributed by atoms with Gasteiger partial charge in [0.15, 0.2) is 0 Å². The van der Waals surface area contributed by atoms with Crippen molar-refractivity contribution in [1.29, 1.82) is 0 Å². The normalized spacial score (nSPS) is 14.8. The van der Waals surface area contributed by atoms with Gasteiger partial charge in [-0.15, -0.1) is 0 Å². The molecule has 2 aromatic rings. The highest BCUT2D eigenvalue weighted by atomic mass is 16.2. The summed E-state index contributed by atoms with van der Waals surface area (Å²) < 4.78 is 0. The van der Waals surface area contributed by atoms with Crippen LogP contribution < -0.4 is 4.90 Å². The van der Waals surface area contributed by atoms with E-state index in [9.17, 15) is 4.79 Å². The van der Waals surface area contributed by atoms with Crippen LogP contribution in [0.1, 0.15) is 23.1 Å². The molecular weight excluding hydrogens is 296 g/mol. The molecule has 0 aliphatic carbocycles. The van der Waals surface area contributed by atoms with Crippen molar-refractivity contribution in [3.05, 3.63) is 65.2 Å². The summed E-state index contributed by atoms with van der Waals surface area (Å²) in [6.45, 7) is 7.81. The number of hydrogen-bond acceptors (Lipinski definition) is 2. The molecule has 0 aromatic heterocycles. The first kappa shape index (κ1) is 16.6. The minimum atomic E-state index is 0.277. The third kappa shape index (κ3) is 3.78. The van der Waals surface area contributed by atoms with Crippen molar-refractivity contribution in [3.8, 4) is 0 Å². The molecule has 0 radical (unpaired) electrons. The summed E-state index contributed by atoms with van der Waals surface area (Å²) in [7, 11) is 0. The lowest BCUT2D eigenvalue weighted by Gasteiger charge is -2.37. The fraction of sp³-hybridized carbons (Fsp3) is 0.381. The SMILES string of the molecule is Cc1cccc(N2CCN(C(=O)CCc3ccccc3)CC2)c1C. The van der Waals surface area contributed by atoms with Crippen molar-refractivity contribution < 1.29 is 4.79 Å². The number of carbonyl (C=O) groups excluding carboxylic acids is 1. The first-order chi connectivity index (χ1) is 11.6. The van der Waals surface area contributed by atoms with Gasteiger partial charge in [-0.2, -0.15) is 0 Å². The van der Waals surface area contributed by atoms with Gasteiger partial charge in [0.25, 0.3) is 0 Å². The van der Waals surface area contributed by atoms with E-state index in [0.717, 1.165) is 32.6 Å². The molecule has 0 bridgehead atoms. The predicted molar refractivity (Wildman–Crippen MR) is 99.5 cm³/mol. The minimum absolute atomic E-state index is 0.277. The van der Waals surface area contributed by atoms with E-state index in [1.165, 1.54) is 22.4 Å². The lowest BCUT2D eigenvalue weighted by Crippen LogP contribution is -2.49. The smallest absolute Gasteiger partial charge is 0.223 e. The molecule has 3 nitrogen and oxygen atoms in total. The molecule has 24 heavy (non-hydrogen) atoms. The van der Waals surface area contributed by atoms with Crippen molar-refractivity contribution in [1.82, 2.24) is 4.90 Å². The number of anilines is 1. The van der Waals surface area contributed by atoms with E-state index in [-0.39, 0.29) is 5.91 Å². The number of nitrogens with zero attached hydrogens (tertiary/aromatic N) is 2. The van der Waals surface area contributed by atoms with Crippen LogP contribution in [-0.2, 0) is 11.2 Å². The second-order valence-corrected chi connectivity index (χ2v) is 6.57. The molecule has 1 fully saturated rings. The van der Waals surface area contributed by atoms with E-state index in [0.29, 0.717) is 6.42 Å². The predicted octanol–water partition coefficient (Wildman–Crippen LogP) is 3.58. The summed E-state index contributed by atoms with van der Waals surface area (Å²) in [5, 5.41) is 0. The van der Waals surface area contributed by atoms with Crippen molar-refractivity contribution in [2.75, 3.05) is 31.1 Å². The van der Waals surface area contributed by atoms with Crippen molar-refractivity contribution in [2.45, 2.75) is 26.7 Å². The molecule has 1 amide bonds. The molecule has 1 aliphatic rings. The van der Waals surface area contributed by atoms with Gasteiger partial charge in [-0.1, -0.05) is 42.5 Å². The van der Waals surface area contributed by atoms with Crippen LogP contribution in [0.2, 0.25) is 0 Å². The van der Waals surface area contributed by atoms with Crippen LogP contribution in [-0.4, -0.2) is 37.0 Å². The molecule has 1 heterocycles. The fourth-order valence-corrected chi connectivity index (χ4v) is 3.33. The Hall–Kier alpha value is -2.29. The van der Waals surface area contributed by atoms with Crippen LogP contribution >= 0.6 is 0 Å². The number of aryl methyl sites for hydroxylation is 2. The quantitative estimate of drug-likeness (QED) is 0.859. The Morgan fingerprint density at radius 3 is 2.33 bits per heavy atom. The van der Waals surface area contributed by atoms with E-state index in [1.54, 1.807) is 0 Å². The van der Waals surface area contributed by atoms with Crippen LogP contribution in [0.15, 0.2) is 48.5 Å². The zero-order valence-electron chi connectivity index (χ0n) is 14.7. The second-order valence-electron chi connectivity index (χ2n) is 6.57. The van der Waals surface area contributed by atoms with Gasteiger partial charge in [-0.05, 0) is 43.0 Å². The van der Waals surface area contributed by atoms with Gasteiger partial charge in [0, 0.05) is 38.3 Å². The standard InChI is InChI=1S/C21H26N2O/c1-17-7-6-10-20(18(17)2)22-13-15-23(16-14-22)21(24)12-11-19-8-4-3-5-9-19/h3-10H,11-16H2,1-2H3.